The minimum absolute atomic E-state index is 0.702. The van der Waals surface area contributed by atoms with Gasteiger partial charge in [0.25, 0.3) is 0 Å². The van der Waals surface area contributed by atoms with Gasteiger partial charge in [0.1, 0.15) is 0 Å². The molecule has 1 saturated heterocycles. The van der Waals surface area contributed by atoms with Crippen molar-refractivity contribution in [3.8, 4) is 11.3 Å². The summed E-state index contributed by atoms with van der Waals surface area (Å²) in [5.74, 6) is 0.702. The molecule has 1 atom stereocenters. The van der Waals surface area contributed by atoms with Gasteiger partial charge in [0.2, 0.25) is 0 Å². The van der Waals surface area contributed by atoms with E-state index in [2.05, 4.69) is 25.5 Å². The zero-order valence-corrected chi connectivity index (χ0v) is 10.3. The van der Waals surface area contributed by atoms with E-state index >= 15 is 0 Å². The SMILES string of the molecule is c1n[nH]cc1-c1cnc(CC2CCCNC2)cn1. The van der Waals surface area contributed by atoms with E-state index in [1.807, 2.05) is 18.6 Å². The molecule has 1 aliphatic heterocycles. The molecule has 0 radical (unpaired) electrons. The predicted octanol–water partition coefficient (Wildman–Crippen LogP) is 1.41. The van der Waals surface area contributed by atoms with E-state index in [0.717, 1.165) is 36.5 Å². The molecular weight excluding hydrogens is 226 g/mol. The molecule has 2 N–H and O–H groups in total. The van der Waals surface area contributed by atoms with E-state index in [4.69, 9.17) is 0 Å². The number of H-pyrrole nitrogens is 1. The topological polar surface area (TPSA) is 66.5 Å². The van der Waals surface area contributed by atoms with Crippen molar-refractivity contribution >= 4 is 0 Å². The Kier molecular flexibility index (Phi) is 3.32. The van der Waals surface area contributed by atoms with Gasteiger partial charge in [0.05, 0.1) is 23.8 Å². The number of rotatable bonds is 3. The van der Waals surface area contributed by atoms with Crippen molar-refractivity contribution in [2.24, 2.45) is 5.92 Å². The van der Waals surface area contributed by atoms with Gasteiger partial charge in [-0.05, 0) is 38.3 Å². The first-order chi connectivity index (χ1) is 8.92. The van der Waals surface area contributed by atoms with Gasteiger partial charge in [-0.1, -0.05) is 0 Å². The van der Waals surface area contributed by atoms with Crippen molar-refractivity contribution in [1.82, 2.24) is 25.5 Å². The van der Waals surface area contributed by atoms with Crippen LogP contribution in [0.3, 0.4) is 0 Å². The summed E-state index contributed by atoms with van der Waals surface area (Å²) in [6.07, 6.45) is 10.9. The van der Waals surface area contributed by atoms with Gasteiger partial charge in [0, 0.05) is 18.0 Å². The highest BCUT2D eigenvalue weighted by Crippen LogP contribution is 2.17. The molecule has 94 valence electrons. The molecule has 5 nitrogen and oxygen atoms in total. The molecule has 1 fully saturated rings. The largest absolute Gasteiger partial charge is 0.316 e. The summed E-state index contributed by atoms with van der Waals surface area (Å²) in [6, 6.07) is 0. The molecule has 0 bridgehead atoms. The monoisotopic (exact) mass is 243 g/mol. The normalized spacial score (nSPS) is 19.9. The Morgan fingerprint density at radius 3 is 2.89 bits per heavy atom. The van der Waals surface area contributed by atoms with Gasteiger partial charge in [0.15, 0.2) is 0 Å². The van der Waals surface area contributed by atoms with Gasteiger partial charge in [-0.25, -0.2) is 0 Å². The first-order valence-corrected chi connectivity index (χ1v) is 6.42. The Hall–Kier alpha value is -1.75. The van der Waals surface area contributed by atoms with Crippen LogP contribution in [-0.2, 0) is 6.42 Å². The number of hydrogen-bond donors (Lipinski definition) is 2. The van der Waals surface area contributed by atoms with Gasteiger partial charge < -0.3 is 5.32 Å². The third-order valence-corrected chi connectivity index (χ3v) is 3.40. The van der Waals surface area contributed by atoms with Crippen molar-refractivity contribution < 1.29 is 0 Å². The molecule has 3 heterocycles. The first-order valence-electron chi connectivity index (χ1n) is 6.42. The van der Waals surface area contributed by atoms with Crippen molar-refractivity contribution in [3.05, 3.63) is 30.5 Å². The minimum Gasteiger partial charge on any atom is -0.316 e. The molecule has 0 aromatic carbocycles. The second kappa shape index (κ2) is 5.27. The van der Waals surface area contributed by atoms with Crippen molar-refractivity contribution in [3.63, 3.8) is 0 Å². The zero-order chi connectivity index (χ0) is 12.2. The van der Waals surface area contributed by atoms with Gasteiger partial charge in [-0.15, -0.1) is 0 Å². The number of nitrogens with zero attached hydrogens (tertiary/aromatic N) is 3. The third-order valence-electron chi connectivity index (χ3n) is 3.40. The lowest BCUT2D eigenvalue weighted by Gasteiger charge is -2.22. The highest BCUT2D eigenvalue weighted by Gasteiger charge is 2.14. The van der Waals surface area contributed by atoms with E-state index in [0.29, 0.717) is 5.92 Å². The maximum atomic E-state index is 4.50. The first kappa shape index (κ1) is 11.3. The molecule has 0 aliphatic carbocycles. The van der Waals surface area contributed by atoms with E-state index in [1.165, 1.54) is 12.8 Å². The quantitative estimate of drug-likeness (QED) is 0.855. The van der Waals surface area contributed by atoms with E-state index < -0.39 is 0 Å². The Morgan fingerprint density at radius 2 is 2.22 bits per heavy atom. The van der Waals surface area contributed by atoms with E-state index in [-0.39, 0.29) is 0 Å². The average molecular weight is 243 g/mol. The number of piperidine rings is 1. The molecular formula is C13H17N5. The summed E-state index contributed by atoms with van der Waals surface area (Å²) in [6.45, 7) is 2.26. The number of aromatic nitrogens is 4. The van der Waals surface area contributed by atoms with Crippen LogP contribution in [0.25, 0.3) is 11.3 Å². The zero-order valence-electron chi connectivity index (χ0n) is 10.3. The molecule has 5 heteroatoms. The third kappa shape index (κ3) is 2.56. The minimum atomic E-state index is 0.702. The van der Waals surface area contributed by atoms with Crippen molar-refractivity contribution in [1.29, 1.82) is 0 Å². The molecule has 2 aromatic heterocycles. The Balaban J connectivity index is 1.67. The van der Waals surface area contributed by atoms with Crippen LogP contribution in [-0.4, -0.2) is 33.3 Å². The number of aromatic amines is 1. The van der Waals surface area contributed by atoms with E-state index in [1.54, 1.807) is 6.20 Å². The summed E-state index contributed by atoms with van der Waals surface area (Å²) in [5, 5.41) is 10.1. The standard InChI is InChI=1S/C13H17N5/c1-2-10(5-14-3-1)4-12-8-16-13(9-15-12)11-6-17-18-7-11/h6-10,14H,1-5H2,(H,17,18). The van der Waals surface area contributed by atoms with E-state index in [9.17, 15) is 0 Å². The lowest BCUT2D eigenvalue weighted by molar-refractivity contribution is 0.373. The molecule has 18 heavy (non-hydrogen) atoms. The van der Waals surface area contributed by atoms with Crippen LogP contribution >= 0.6 is 0 Å². The summed E-state index contributed by atoms with van der Waals surface area (Å²) < 4.78 is 0. The van der Waals surface area contributed by atoms with Crippen LogP contribution in [0.4, 0.5) is 0 Å². The lowest BCUT2D eigenvalue weighted by Crippen LogP contribution is -2.31. The fourth-order valence-corrected chi connectivity index (χ4v) is 2.39. The van der Waals surface area contributed by atoms with Crippen molar-refractivity contribution in [2.45, 2.75) is 19.3 Å². The molecule has 0 amide bonds. The number of hydrogen-bond acceptors (Lipinski definition) is 4. The Morgan fingerprint density at radius 1 is 1.22 bits per heavy atom. The smallest absolute Gasteiger partial charge is 0.0916 e. The maximum absolute atomic E-state index is 4.50. The average Bonchev–Trinajstić information content (AvgIpc) is 2.95. The highest BCUT2D eigenvalue weighted by molar-refractivity contribution is 5.55. The molecule has 1 unspecified atom stereocenters. The van der Waals surface area contributed by atoms with Crippen LogP contribution in [0.5, 0.6) is 0 Å². The molecule has 0 spiro atoms. The summed E-state index contributed by atoms with van der Waals surface area (Å²) >= 11 is 0. The van der Waals surface area contributed by atoms with Crippen LogP contribution in [0.1, 0.15) is 18.5 Å². The maximum Gasteiger partial charge on any atom is 0.0916 e. The van der Waals surface area contributed by atoms with Crippen LogP contribution < -0.4 is 5.32 Å². The Labute approximate surface area is 106 Å². The summed E-state index contributed by atoms with van der Waals surface area (Å²) in [5.41, 5.74) is 2.93. The van der Waals surface area contributed by atoms with Crippen molar-refractivity contribution in [2.75, 3.05) is 13.1 Å². The lowest BCUT2D eigenvalue weighted by atomic mass is 9.95. The molecule has 2 aromatic rings. The number of nitrogens with one attached hydrogen (secondary N) is 2. The second-order valence-electron chi connectivity index (χ2n) is 4.80. The van der Waals surface area contributed by atoms with Gasteiger partial charge >= 0.3 is 0 Å². The Bertz CT molecular complexity index is 471. The fourth-order valence-electron chi connectivity index (χ4n) is 2.39. The van der Waals surface area contributed by atoms with Gasteiger partial charge in [-0.2, -0.15) is 5.10 Å². The second-order valence-corrected chi connectivity index (χ2v) is 4.80. The molecule has 0 saturated carbocycles. The molecule has 1 aliphatic rings. The predicted molar refractivity (Wildman–Crippen MR) is 68.9 cm³/mol. The van der Waals surface area contributed by atoms with Crippen LogP contribution in [0.15, 0.2) is 24.8 Å². The fraction of sp³-hybridized carbons (Fsp3) is 0.462. The van der Waals surface area contributed by atoms with Gasteiger partial charge in [-0.3, -0.25) is 15.1 Å². The van der Waals surface area contributed by atoms with Crippen LogP contribution in [0.2, 0.25) is 0 Å². The summed E-state index contributed by atoms with van der Waals surface area (Å²) in [7, 11) is 0. The molecule has 3 rings (SSSR count). The summed E-state index contributed by atoms with van der Waals surface area (Å²) in [4.78, 5) is 8.94. The highest BCUT2D eigenvalue weighted by atomic mass is 15.1. The van der Waals surface area contributed by atoms with Crippen LogP contribution in [0, 0.1) is 5.92 Å².